The minimum Gasteiger partial charge on any atom is -0.328 e. The molecule has 0 saturated carbocycles. The van der Waals surface area contributed by atoms with Crippen LogP contribution < -0.4 is 0 Å². The molecule has 1 aliphatic heterocycles. The number of hydrogen-bond donors (Lipinski definition) is 0. The lowest BCUT2D eigenvalue weighted by molar-refractivity contribution is 0.0502. The first kappa shape index (κ1) is 14.2. The van der Waals surface area contributed by atoms with Gasteiger partial charge in [-0.3, -0.25) is 4.79 Å². The smallest absolute Gasteiger partial charge is 0.266 e. The van der Waals surface area contributed by atoms with E-state index >= 15 is 0 Å². The van der Waals surface area contributed by atoms with Crippen LogP contribution in [0.4, 0.5) is 0 Å². The van der Waals surface area contributed by atoms with Gasteiger partial charge >= 0.3 is 0 Å². The summed E-state index contributed by atoms with van der Waals surface area (Å²) in [6.45, 7) is 4.46. The maximum atomic E-state index is 12.8. The molecule has 5 heteroatoms. The lowest BCUT2D eigenvalue weighted by Crippen LogP contribution is -2.49. The van der Waals surface area contributed by atoms with Gasteiger partial charge in [0.25, 0.3) is 5.91 Å². The van der Waals surface area contributed by atoms with Crippen molar-refractivity contribution in [3.05, 3.63) is 52.0 Å². The lowest BCUT2D eigenvalue weighted by Gasteiger charge is -2.40. The molecule has 4 nitrogen and oxygen atoms in total. The Kier molecular flexibility index (Phi) is 4.03. The van der Waals surface area contributed by atoms with Crippen LogP contribution in [0.3, 0.4) is 0 Å². The molecule has 0 spiro atoms. The van der Waals surface area contributed by atoms with E-state index in [-0.39, 0.29) is 11.9 Å². The molecular weight excluding hydrogens is 282 g/mol. The van der Waals surface area contributed by atoms with Crippen molar-refractivity contribution in [2.24, 2.45) is 0 Å². The zero-order valence-electron chi connectivity index (χ0n) is 12.3. The summed E-state index contributed by atoms with van der Waals surface area (Å²) in [5.74, 6) is 0.0996. The van der Waals surface area contributed by atoms with Crippen molar-refractivity contribution in [3.8, 4) is 0 Å². The van der Waals surface area contributed by atoms with E-state index in [0.717, 1.165) is 29.5 Å². The summed E-state index contributed by atoms with van der Waals surface area (Å²) in [5, 5.41) is 0.934. The van der Waals surface area contributed by atoms with Crippen LogP contribution in [0.2, 0.25) is 0 Å². The number of carbonyl (C=O) groups excluding carboxylic acids is 1. The van der Waals surface area contributed by atoms with Crippen LogP contribution in [-0.2, 0) is 0 Å². The molecule has 110 valence electrons. The van der Waals surface area contributed by atoms with Gasteiger partial charge in [0.05, 0.1) is 17.2 Å². The molecule has 0 bridgehead atoms. The van der Waals surface area contributed by atoms with Crippen LogP contribution in [-0.4, -0.2) is 47.4 Å². The summed E-state index contributed by atoms with van der Waals surface area (Å²) in [6.07, 6.45) is 1.70. The lowest BCUT2D eigenvalue weighted by atomic mass is 10.0. The van der Waals surface area contributed by atoms with E-state index in [0.29, 0.717) is 0 Å². The highest BCUT2D eigenvalue weighted by Crippen LogP contribution is 2.27. The molecule has 0 unspecified atom stereocenters. The second-order valence-corrected chi connectivity index (χ2v) is 6.67. The van der Waals surface area contributed by atoms with E-state index < -0.39 is 0 Å². The largest absolute Gasteiger partial charge is 0.328 e. The quantitative estimate of drug-likeness (QED) is 0.855. The molecule has 1 aliphatic rings. The first-order valence-corrected chi connectivity index (χ1v) is 7.93. The van der Waals surface area contributed by atoms with Crippen LogP contribution in [0, 0.1) is 6.92 Å². The number of rotatable bonds is 2. The molecule has 0 N–H and O–H groups in total. The van der Waals surface area contributed by atoms with Crippen molar-refractivity contribution in [2.75, 3.05) is 26.7 Å². The van der Waals surface area contributed by atoms with Gasteiger partial charge in [-0.25, -0.2) is 4.98 Å². The van der Waals surface area contributed by atoms with Crippen LogP contribution in [0.15, 0.2) is 36.5 Å². The van der Waals surface area contributed by atoms with Gasteiger partial charge in [0, 0.05) is 19.6 Å². The Hall–Kier alpha value is -1.72. The van der Waals surface area contributed by atoms with Gasteiger partial charge in [-0.15, -0.1) is 11.3 Å². The zero-order chi connectivity index (χ0) is 14.8. The Balaban J connectivity index is 1.89. The molecule has 2 aromatic rings. The van der Waals surface area contributed by atoms with Gasteiger partial charge < -0.3 is 9.80 Å². The van der Waals surface area contributed by atoms with Crippen LogP contribution in [0.1, 0.15) is 26.3 Å². The number of likely N-dealkylation sites (N-methyl/N-ethyl adjacent to an activating group) is 1. The molecule has 3 rings (SSSR count). The molecule has 1 aromatic heterocycles. The fraction of sp³-hybridized carbons (Fsp3) is 0.375. The van der Waals surface area contributed by atoms with E-state index in [2.05, 4.69) is 29.1 Å². The number of aryl methyl sites for hydroxylation is 1. The number of thiazole rings is 1. The molecular formula is C16H19N3OS. The maximum Gasteiger partial charge on any atom is 0.266 e. The summed E-state index contributed by atoms with van der Waals surface area (Å²) in [7, 11) is 2.11. The average molecular weight is 301 g/mol. The minimum atomic E-state index is 0.0996. The number of benzene rings is 1. The van der Waals surface area contributed by atoms with Crippen LogP contribution >= 0.6 is 11.3 Å². The van der Waals surface area contributed by atoms with E-state index in [4.69, 9.17) is 0 Å². The van der Waals surface area contributed by atoms with Crippen LogP contribution in [0.25, 0.3) is 0 Å². The minimum absolute atomic E-state index is 0.0996. The first-order chi connectivity index (χ1) is 10.1. The normalized spacial score (nSPS) is 19.7. The molecule has 1 saturated heterocycles. The van der Waals surface area contributed by atoms with Crippen molar-refractivity contribution < 1.29 is 4.79 Å². The number of amides is 1. The predicted octanol–water partition coefficient (Wildman–Crippen LogP) is 2.58. The van der Waals surface area contributed by atoms with Gasteiger partial charge in [0.2, 0.25) is 0 Å². The summed E-state index contributed by atoms with van der Waals surface area (Å²) in [4.78, 5) is 22.0. The van der Waals surface area contributed by atoms with Gasteiger partial charge in [-0.05, 0) is 19.5 Å². The SMILES string of the molecule is Cc1ncc(C(=O)N2CCN(C)C[C@H]2c2ccccc2)s1. The molecule has 2 heterocycles. The molecule has 1 atom stereocenters. The van der Waals surface area contributed by atoms with Gasteiger partial charge in [-0.1, -0.05) is 30.3 Å². The summed E-state index contributed by atoms with van der Waals surface area (Å²) in [5.41, 5.74) is 1.19. The van der Waals surface area contributed by atoms with Crippen molar-refractivity contribution in [1.29, 1.82) is 0 Å². The third-order valence-electron chi connectivity index (χ3n) is 3.86. The van der Waals surface area contributed by atoms with E-state index in [1.54, 1.807) is 6.20 Å². The number of aromatic nitrogens is 1. The van der Waals surface area contributed by atoms with E-state index in [1.807, 2.05) is 30.0 Å². The molecule has 0 radical (unpaired) electrons. The Morgan fingerprint density at radius 3 is 2.71 bits per heavy atom. The van der Waals surface area contributed by atoms with Gasteiger partial charge in [0.1, 0.15) is 4.88 Å². The van der Waals surface area contributed by atoms with Crippen molar-refractivity contribution in [2.45, 2.75) is 13.0 Å². The highest BCUT2D eigenvalue weighted by Gasteiger charge is 2.31. The molecule has 0 aliphatic carbocycles. The summed E-state index contributed by atoms with van der Waals surface area (Å²) >= 11 is 1.47. The molecule has 21 heavy (non-hydrogen) atoms. The first-order valence-electron chi connectivity index (χ1n) is 7.12. The molecule has 1 amide bonds. The fourth-order valence-electron chi connectivity index (χ4n) is 2.72. The summed E-state index contributed by atoms with van der Waals surface area (Å²) < 4.78 is 0. The number of nitrogens with zero attached hydrogens (tertiary/aromatic N) is 3. The zero-order valence-corrected chi connectivity index (χ0v) is 13.1. The third kappa shape index (κ3) is 2.99. The highest BCUT2D eigenvalue weighted by molar-refractivity contribution is 7.13. The van der Waals surface area contributed by atoms with Crippen molar-refractivity contribution in [3.63, 3.8) is 0 Å². The molecule has 1 aromatic carbocycles. The highest BCUT2D eigenvalue weighted by atomic mass is 32.1. The second kappa shape index (κ2) is 5.95. The number of hydrogen-bond acceptors (Lipinski definition) is 4. The van der Waals surface area contributed by atoms with Crippen molar-refractivity contribution in [1.82, 2.24) is 14.8 Å². The topological polar surface area (TPSA) is 36.4 Å². The van der Waals surface area contributed by atoms with Crippen molar-refractivity contribution >= 4 is 17.2 Å². The van der Waals surface area contributed by atoms with E-state index in [1.165, 1.54) is 16.9 Å². The Morgan fingerprint density at radius 2 is 2.05 bits per heavy atom. The monoisotopic (exact) mass is 301 g/mol. The molecule has 1 fully saturated rings. The van der Waals surface area contributed by atoms with E-state index in [9.17, 15) is 4.79 Å². The predicted molar refractivity (Wildman–Crippen MR) is 84.6 cm³/mol. The Bertz CT molecular complexity index is 625. The van der Waals surface area contributed by atoms with Gasteiger partial charge in [-0.2, -0.15) is 0 Å². The number of piperazine rings is 1. The van der Waals surface area contributed by atoms with Gasteiger partial charge in [0.15, 0.2) is 0 Å². The van der Waals surface area contributed by atoms with Crippen LogP contribution in [0.5, 0.6) is 0 Å². The Morgan fingerprint density at radius 1 is 1.29 bits per heavy atom. The summed E-state index contributed by atoms with van der Waals surface area (Å²) in [6, 6.07) is 10.4. The third-order valence-corrected chi connectivity index (χ3v) is 4.76. The maximum absolute atomic E-state index is 12.8. The standard InChI is InChI=1S/C16H19N3OS/c1-12-17-10-15(21-12)16(20)19-9-8-18(2)11-14(19)13-6-4-3-5-7-13/h3-7,10,14H,8-9,11H2,1-2H3/t14-/m0/s1. The average Bonchev–Trinajstić information content (AvgIpc) is 2.94. The Labute approximate surface area is 129 Å². The fourth-order valence-corrected chi connectivity index (χ4v) is 3.46. The number of carbonyl (C=O) groups is 1. The second-order valence-electron chi connectivity index (χ2n) is 5.43.